The maximum absolute atomic E-state index is 13.9. The first-order valence-corrected chi connectivity index (χ1v) is 6.45. The second-order valence-corrected chi connectivity index (χ2v) is 4.65. The van der Waals surface area contributed by atoms with Crippen molar-refractivity contribution < 1.29 is 4.39 Å². The van der Waals surface area contributed by atoms with Crippen LogP contribution in [-0.4, -0.2) is 0 Å². The van der Waals surface area contributed by atoms with Gasteiger partial charge in [0.15, 0.2) is 0 Å². The molecule has 2 heteroatoms. The van der Waals surface area contributed by atoms with Crippen LogP contribution < -0.4 is 5.73 Å². The van der Waals surface area contributed by atoms with E-state index in [-0.39, 0.29) is 5.82 Å². The van der Waals surface area contributed by atoms with Gasteiger partial charge in [-0.25, -0.2) is 4.39 Å². The summed E-state index contributed by atoms with van der Waals surface area (Å²) < 4.78 is 13.9. The number of halogens is 1. The number of rotatable bonds is 2. The molecule has 2 N–H and O–H groups in total. The van der Waals surface area contributed by atoms with Crippen molar-refractivity contribution in [1.82, 2.24) is 0 Å². The van der Waals surface area contributed by atoms with Gasteiger partial charge in [-0.2, -0.15) is 0 Å². The van der Waals surface area contributed by atoms with Crippen LogP contribution in [0, 0.1) is 5.82 Å². The Morgan fingerprint density at radius 3 is 1.45 bits per heavy atom. The maximum Gasteiger partial charge on any atom is 0.124 e. The minimum Gasteiger partial charge on any atom is -0.398 e. The van der Waals surface area contributed by atoms with Crippen molar-refractivity contribution in [3.05, 3.63) is 78.6 Å². The molecule has 0 bridgehead atoms. The molecule has 3 rings (SSSR count). The summed E-state index contributed by atoms with van der Waals surface area (Å²) in [5.41, 5.74) is 10.1. The molecule has 0 saturated carbocycles. The molecule has 0 spiro atoms. The van der Waals surface area contributed by atoms with Gasteiger partial charge in [0.25, 0.3) is 0 Å². The molecule has 0 unspecified atom stereocenters. The largest absolute Gasteiger partial charge is 0.398 e. The van der Waals surface area contributed by atoms with Gasteiger partial charge >= 0.3 is 0 Å². The normalized spacial score (nSPS) is 10.4. The number of hydrogen-bond donors (Lipinski definition) is 1. The third kappa shape index (κ3) is 2.28. The Bertz CT molecular complexity index is 660. The highest BCUT2D eigenvalue weighted by Crippen LogP contribution is 2.35. The standard InChI is InChI=1S/C18H14FN/c19-15-11-16(13-7-3-1-4-8-13)18(20)17(12-15)14-9-5-2-6-10-14/h1-12H,20H2. The van der Waals surface area contributed by atoms with Crippen LogP contribution in [0.4, 0.5) is 10.1 Å². The van der Waals surface area contributed by atoms with Crippen molar-refractivity contribution in [1.29, 1.82) is 0 Å². The second-order valence-electron chi connectivity index (χ2n) is 4.65. The lowest BCUT2D eigenvalue weighted by molar-refractivity contribution is 0.629. The van der Waals surface area contributed by atoms with Gasteiger partial charge in [0.2, 0.25) is 0 Å². The molecule has 0 aliphatic heterocycles. The Kier molecular flexibility index (Phi) is 3.21. The van der Waals surface area contributed by atoms with Crippen LogP contribution in [0.1, 0.15) is 0 Å². The summed E-state index contributed by atoms with van der Waals surface area (Å²) in [6.07, 6.45) is 0. The summed E-state index contributed by atoms with van der Waals surface area (Å²) in [7, 11) is 0. The fourth-order valence-electron chi connectivity index (χ4n) is 2.33. The number of hydrogen-bond acceptors (Lipinski definition) is 1. The molecule has 3 aromatic rings. The Morgan fingerprint density at radius 1 is 0.650 bits per heavy atom. The molecule has 0 atom stereocenters. The van der Waals surface area contributed by atoms with Gasteiger partial charge in [-0.05, 0) is 23.3 Å². The molecular weight excluding hydrogens is 249 g/mol. The van der Waals surface area contributed by atoms with E-state index in [0.717, 1.165) is 22.3 Å². The van der Waals surface area contributed by atoms with Crippen molar-refractivity contribution in [3.63, 3.8) is 0 Å². The Labute approximate surface area is 117 Å². The molecule has 0 amide bonds. The summed E-state index contributed by atoms with van der Waals surface area (Å²) in [5.74, 6) is -0.281. The zero-order valence-electron chi connectivity index (χ0n) is 10.9. The third-order valence-corrected chi connectivity index (χ3v) is 3.31. The summed E-state index contributed by atoms with van der Waals surface area (Å²) in [5, 5.41) is 0. The molecule has 3 aromatic carbocycles. The number of nitrogen functional groups attached to an aromatic ring is 1. The Hall–Kier alpha value is -2.61. The third-order valence-electron chi connectivity index (χ3n) is 3.31. The molecule has 0 aliphatic carbocycles. The molecule has 0 saturated heterocycles. The predicted octanol–water partition coefficient (Wildman–Crippen LogP) is 4.74. The van der Waals surface area contributed by atoms with E-state index in [1.165, 1.54) is 12.1 Å². The van der Waals surface area contributed by atoms with Gasteiger partial charge in [-0.1, -0.05) is 60.7 Å². The van der Waals surface area contributed by atoms with Crippen molar-refractivity contribution in [3.8, 4) is 22.3 Å². The molecule has 98 valence electrons. The minimum atomic E-state index is -0.281. The highest BCUT2D eigenvalue weighted by Gasteiger charge is 2.11. The molecule has 0 heterocycles. The van der Waals surface area contributed by atoms with E-state index in [9.17, 15) is 4.39 Å². The van der Waals surface area contributed by atoms with Crippen LogP contribution in [0.5, 0.6) is 0 Å². The monoisotopic (exact) mass is 263 g/mol. The second kappa shape index (κ2) is 5.17. The first-order valence-electron chi connectivity index (χ1n) is 6.45. The topological polar surface area (TPSA) is 26.0 Å². The van der Waals surface area contributed by atoms with Crippen LogP contribution in [0.25, 0.3) is 22.3 Å². The van der Waals surface area contributed by atoms with Crippen LogP contribution in [0.15, 0.2) is 72.8 Å². The quantitative estimate of drug-likeness (QED) is 0.664. The van der Waals surface area contributed by atoms with Crippen molar-refractivity contribution in [2.75, 3.05) is 5.73 Å². The average molecular weight is 263 g/mol. The molecule has 0 aliphatic rings. The van der Waals surface area contributed by atoms with Gasteiger partial charge in [-0.15, -0.1) is 0 Å². The summed E-state index contributed by atoms with van der Waals surface area (Å²) in [4.78, 5) is 0. The summed E-state index contributed by atoms with van der Waals surface area (Å²) in [6, 6.07) is 22.2. The number of nitrogens with two attached hydrogens (primary N) is 1. The van der Waals surface area contributed by atoms with Gasteiger partial charge in [0, 0.05) is 16.8 Å². The molecule has 0 aromatic heterocycles. The van der Waals surface area contributed by atoms with Gasteiger partial charge < -0.3 is 5.73 Å². The van der Waals surface area contributed by atoms with E-state index in [2.05, 4.69) is 0 Å². The van der Waals surface area contributed by atoms with E-state index in [1.54, 1.807) is 0 Å². The average Bonchev–Trinajstić information content (AvgIpc) is 2.51. The highest BCUT2D eigenvalue weighted by atomic mass is 19.1. The number of benzene rings is 3. The predicted molar refractivity (Wildman–Crippen MR) is 81.7 cm³/mol. The smallest absolute Gasteiger partial charge is 0.124 e. The fraction of sp³-hybridized carbons (Fsp3) is 0. The van der Waals surface area contributed by atoms with E-state index < -0.39 is 0 Å². The first kappa shape index (κ1) is 12.4. The van der Waals surface area contributed by atoms with E-state index in [4.69, 9.17) is 5.73 Å². The highest BCUT2D eigenvalue weighted by molar-refractivity contribution is 5.88. The summed E-state index contributed by atoms with van der Waals surface area (Å²) in [6.45, 7) is 0. The first-order chi connectivity index (χ1) is 9.75. The minimum absolute atomic E-state index is 0.281. The van der Waals surface area contributed by atoms with Crippen LogP contribution in [-0.2, 0) is 0 Å². The zero-order valence-corrected chi connectivity index (χ0v) is 10.9. The lowest BCUT2D eigenvalue weighted by Crippen LogP contribution is -1.96. The van der Waals surface area contributed by atoms with Crippen molar-refractivity contribution in [2.24, 2.45) is 0 Å². The van der Waals surface area contributed by atoms with Crippen LogP contribution in [0.2, 0.25) is 0 Å². The molecule has 0 radical (unpaired) electrons. The van der Waals surface area contributed by atoms with Crippen LogP contribution >= 0.6 is 0 Å². The van der Waals surface area contributed by atoms with Crippen molar-refractivity contribution >= 4 is 5.69 Å². The summed E-state index contributed by atoms with van der Waals surface area (Å²) >= 11 is 0. The van der Waals surface area contributed by atoms with E-state index in [0.29, 0.717) is 5.69 Å². The molecule has 0 fully saturated rings. The number of anilines is 1. The van der Waals surface area contributed by atoms with Gasteiger partial charge in [0.1, 0.15) is 5.82 Å². The lowest BCUT2D eigenvalue weighted by atomic mass is 9.96. The van der Waals surface area contributed by atoms with E-state index in [1.807, 2.05) is 60.7 Å². The zero-order chi connectivity index (χ0) is 13.9. The van der Waals surface area contributed by atoms with Gasteiger partial charge in [0.05, 0.1) is 0 Å². The van der Waals surface area contributed by atoms with Crippen molar-refractivity contribution in [2.45, 2.75) is 0 Å². The van der Waals surface area contributed by atoms with Crippen LogP contribution in [0.3, 0.4) is 0 Å². The van der Waals surface area contributed by atoms with E-state index >= 15 is 0 Å². The molecule has 20 heavy (non-hydrogen) atoms. The fourth-order valence-corrected chi connectivity index (χ4v) is 2.33. The Balaban J connectivity index is 2.22. The SMILES string of the molecule is Nc1c(-c2ccccc2)cc(F)cc1-c1ccccc1. The maximum atomic E-state index is 13.9. The Morgan fingerprint density at radius 2 is 1.05 bits per heavy atom. The lowest BCUT2D eigenvalue weighted by Gasteiger charge is -2.12. The molecular formula is C18H14FN. The molecule has 1 nitrogen and oxygen atoms in total. The van der Waals surface area contributed by atoms with Gasteiger partial charge in [-0.3, -0.25) is 0 Å².